The molecule has 5 nitrogen and oxygen atoms in total. The van der Waals surface area contributed by atoms with E-state index in [0.717, 1.165) is 11.3 Å². The van der Waals surface area contributed by atoms with E-state index < -0.39 is 11.9 Å². The monoisotopic (exact) mass is 258 g/mol. The van der Waals surface area contributed by atoms with Gasteiger partial charge in [-0.2, -0.15) is 5.26 Å². The molecule has 1 aromatic heterocycles. The molecule has 1 amide bonds. The number of halogens is 1. The molecule has 1 rings (SSSR count). The third-order valence-electron chi connectivity index (χ3n) is 1.94. The van der Waals surface area contributed by atoms with Crippen molar-refractivity contribution in [2.75, 3.05) is 5.32 Å². The van der Waals surface area contributed by atoms with Crippen LogP contribution < -0.4 is 11.1 Å². The van der Waals surface area contributed by atoms with E-state index in [4.69, 9.17) is 22.6 Å². The summed E-state index contributed by atoms with van der Waals surface area (Å²) in [5.74, 6) is -0.425. The largest absolute Gasteiger partial charge is 0.368 e. The van der Waals surface area contributed by atoms with Crippen LogP contribution in [-0.4, -0.2) is 16.9 Å². The number of hydrogen-bond donors (Lipinski definition) is 2. The Hall–Kier alpha value is -1.32. The highest BCUT2D eigenvalue weighted by Gasteiger charge is 2.21. The average molecular weight is 259 g/mol. The highest BCUT2D eigenvalue weighted by molar-refractivity contribution is 7.16. The van der Waals surface area contributed by atoms with Gasteiger partial charge in [0.1, 0.15) is 17.0 Å². The Labute approximate surface area is 102 Å². The fourth-order valence-corrected chi connectivity index (χ4v) is 2.12. The first-order chi connectivity index (χ1) is 7.45. The zero-order chi connectivity index (χ0) is 12.3. The number of aromatic nitrogens is 1. The number of primary amides is 1. The van der Waals surface area contributed by atoms with Gasteiger partial charge in [0, 0.05) is 0 Å². The number of carbonyl (C=O) groups is 1. The van der Waals surface area contributed by atoms with E-state index in [1.54, 1.807) is 0 Å². The second kappa shape index (κ2) is 5.14. The van der Waals surface area contributed by atoms with Crippen molar-refractivity contribution in [1.29, 1.82) is 5.26 Å². The summed E-state index contributed by atoms with van der Waals surface area (Å²) in [6.45, 7) is 3.73. The second-order valence-electron chi connectivity index (χ2n) is 3.52. The Balaban J connectivity index is 2.86. The van der Waals surface area contributed by atoms with Crippen molar-refractivity contribution >= 4 is 34.0 Å². The molecular weight excluding hydrogens is 248 g/mol. The Kier molecular flexibility index (Phi) is 4.10. The van der Waals surface area contributed by atoms with Crippen LogP contribution in [0.15, 0.2) is 0 Å². The van der Waals surface area contributed by atoms with Crippen molar-refractivity contribution in [3.05, 3.63) is 10.0 Å². The van der Waals surface area contributed by atoms with Gasteiger partial charge in [0.25, 0.3) is 0 Å². The molecule has 0 saturated heterocycles. The Morgan fingerprint density at radius 1 is 1.69 bits per heavy atom. The van der Waals surface area contributed by atoms with Crippen molar-refractivity contribution < 1.29 is 4.79 Å². The number of hydrogen-bond acceptors (Lipinski definition) is 5. The number of carbonyl (C=O) groups excluding carboxylic acids is 1. The first-order valence-electron chi connectivity index (χ1n) is 4.58. The molecule has 3 N–H and O–H groups in total. The van der Waals surface area contributed by atoms with Crippen LogP contribution >= 0.6 is 22.9 Å². The van der Waals surface area contributed by atoms with Gasteiger partial charge in [-0.15, -0.1) is 0 Å². The third-order valence-corrected chi connectivity index (χ3v) is 3.22. The van der Waals surface area contributed by atoms with Crippen molar-refractivity contribution in [3.8, 4) is 6.07 Å². The Morgan fingerprint density at radius 3 is 2.69 bits per heavy atom. The van der Waals surface area contributed by atoms with Crippen LogP contribution in [0.3, 0.4) is 0 Å². The smallest absolute Gasteiger partial charge is 0.240 e. The molecule has 0 aliphatic carbocycles. The van der Waals surface area contributed by atoms with Crippen LogP contribution in [0, 0.1) is 17.2 Å². The van der Waals surface area contributed by atoms with Gasteiger partial charge >= 0.3 is 0 Å². The molecule has 1 heterocycles. The quantitative estimate of drug-likeness (QED) is 0.858. The summed E-state index contributed by atoms with van der Waals surface area (Å²) < 4.78 is 0. The Morgan fingerprint density at radius 2 is 2.31 bits per heavy atom. The zero-order valence-corrected chi connectivity index (χ0v) is 10.4. The molecule has 1 aromatic rings. The van der Waals surface area contributed by atoms with E-state index in [1.807, 2.05) is 19.9 Å². The van der Waals surface area contributed by atoms with Gasteiger partial charge in [-0.25, -0.2) is 4.98 Å². The normalized spacial score (nSPS) is 12.2. The maximum atomic E-state index is 11.1. The predicted octanol–water partition coefficient (Wildman–Crippen LogP) is 1.59. The van der Waals surface area contributed by atoms with Gasteiger partial charge < -0.3 is 11.1 Å². The van der Waals surface area contributed by atoms with E-state index >= 15 is 0 Å². The van der Waals surface area contributed by atoms with Crippen molar-refractivity contribution in [2.24, 2.45) is 11.7 Å². The topological polar surface area (TPSA) is 91.8 Å². The SMILES string of the molecule is CC(C)C(Nc1nc(Cl)c(C#N)s1)C(N)=O. The maximum Gasteiger partial charge on any atom is 0.240 e. The molecule has 1 atom stereocenters. The van der Waals surface area contributed by atoms with Gasteiger partial charge in [0.15, 0.2) is 10.3 Å². The zero-order valence-electron chi connectivity index (χ0n) is 8.82. The van der Waals surface area contributed by atoms with Crippen LogP contribution in [0.1, 0.15) is 18.7 Å². The molecule has 0 radical (unpaired) electrons. The number of anilines is 1. The number of nitrogens with two attached hydrogens (primary N) is 1. The summed E-state index contributed by atoms with van der Waals surface area (Å²) in [6, 6.07) is 1.40. The molecule has 0 fully saturated rings. The fourth-order valence-electron chi connectivity index (χ4n) is 1.13. The lowest BCUT2D eigenvalue weighted by molar-refractivity contribution is -0.119. The summed E-state index contributed by atoms with van der Waals surface area (Å²) in [6.07, 6.45) is 0. The number of thiazole rings is 1. The molecular formula is C9H11ClN4OS. The van der Waals surface area contributed by atoms with Crippen LogP contribution in [0.25, 0.3) is 0 Å². The van der Waals surface area contributed by atoms with E-state index in [-0.39, 0.29) is 11.1 Å². The molecule has 0 saturated carbocycles. The first-order valence-corrected chi connectivity index (χ1v) is 5.77. The molecule has 86 valence electrons. The van der Waals surface area contributed by atoms with Crippen molar-refractivity contribution in [2.45, 2.75) is 19.9 Å². The Bertz CT molecular complexity index is 437. The van der Waals surface area contributed by atoms with E-state index in [1.165, 1.54) is 0 Å². The van der Waals surface area contributed by atoms with E-state index in [0.29, 0.717) is 10.0 Å². The molecule has 0 aliphatic heterocycles. The third kappa shape index (κ3) is 2.84. The molecule has 16 heavy (non-hydrogen) atoms. The van der Waals surface area contributed by atoms with Gasteiger partial charge in [-0.3, -0.25) is 4.79 Å². The summed E-state index contributed by atoms with van der Waals surface area (Å²) in [5, 5.41) is 12.1. The highest BCUT2D eigenvalue weighted by Crippen LogP contribution is 2.26. The minimum absolute atomic E-state index is 0.0331. The van der Waals surface area contributed by atoms with Crippen molar-refractivity contribution in [3.63, 3.8) is 0 Å². The lowest BCUT2D eigenvalue weighted by Gasteiger charge is -2.17. The number of rotatable bonds is 4. The first kappa shape index (κ1) is 12.7. The average Bonchev–Trinajstić information content (AvgIpc) is 2.54. The molecule has 7 heteroatoms. The van der Waals surface area contributed by atoms with Gasteiger partial charge in [-0.1, -0.05) is 36.8 Å². The van der Waals surface area contributed by atoms with Crippen LogP contribution in [0.4, 0.5) is 5.13 Å². The number of nitrogens with zero attached hydrogens (tertiary/aromatic N) is 2. The van der Waals surface area contributed by atoms with Crippen LogP contribution in [0.5, 0.6) is 0 Å². The fraction of sp³-hybridized carbons (Fsp3) is 0.444. The second-order valence-corrected chi connectivity index (χ2v) is 4.88. The predicted molar refractivity (Wildman–Crippen MR) is 63.3 cm³/mol. The van der Waals surface area contributed by atoms with E-state index in [2.05, 4.69) is 10.3 Å². The molecule has 0 aromatic carbocycles. The lowest BCUT2D eigenvalue weighted by Crippen LogP contribution is -2.39. The minimum Gasteiger partial charge on any atom is -0.368 e. The molecule has 0 bridgehead atoms. The van der Waals surface area contributed by atoms with Gasteiger partial charge in [0.05, 0.1) is 0 Å². The van der Waals surface area contributed by atoms with Crippen LogP contribution in [0.2, 0.25) is 5.15 Å². The summed E-state index contributed by atoms with van der Waals surface area (Å²) >= 11 is 6.81. The summed E-state index contributed by atoms with van der Waals surface area (Å²) in [7, 11) is 0. The van der Waals surface area contributed by atoms with E-state index in [9.17, 15) is 4.79 Å². The minimum atomic E-state index is -0.520. The maximum absolute atomic E-state index is 11.1. The highest BCUT2D eigenvalue weighted by atomic mass is 35.5. The molecule has 0 aliphatic rings. The lowest BCUT2D eigenvalue weighted by atomic mass is 10.0. The number of nitrogens with one attached hydrogen (secondary N) is 1. The summed E-state index contributed by atoms with van der Waals surface area (Å²) in [4.78, 5) is 15.4. The van der Waals surface area contributed by atoms with Gasteiger partial charge in [-0.05, 0) is 5.92 Å². The summed E-state index contributed by atoms with van der Waals surface area (Å²) in [5.41, 5.74) is 5.24. The number of amides is 1. The van der Waals surface area contributed by atoms with Gasteiger partial charge in [0.2, 0.25) is 5.91 Å². The van der Waals surface area contributed by atoms with Crippen molar-refractivity contribution in [1.82, 2.24) is 4.98 Å². The molecule has 0 spiro atoms. The standard InChI is InChI=1S/C9H11ClN4OS/c1-4(2)6(8(12)15)13-9-14-7(10)5(3-11)16-9/h4,6H,1-2H3,(H2,12,15)(H,13,14). The molecule has 1 unspecified atom stereocenters. The van der Waals surface area contributed by atoms with Crippen LogP contribution in [-0.2, 0) is 4.79 Å². The number of nitriles is 1.